The minimum atomic E-state index is -0.395. The van der Waals surface area contributed by atoms with Crippen LogP contribution in [0.3, 0.4) is 0 Å². The van der Waals surface area contributed by atoms with E-state index in [9.17, 15) is 9.18 Å². The van der Waals surface area contributed by atoms with E-state index in [2.05, 4.69) is 6.07 Å². The lowest BCUT2D eigenvalue weighted by Crippen LogP contribution is -1.93. The third-order valence-corrected chi connectivity index (χ3v) is 3.55. The standard InChI is InChI=1S/C18H13FO/c1-12-6-7-13-4-2-3-5-16(13)18(12)17-9-8-15(19)10-14(17)11-20/h2-11H,1H3. The van der Waals surface area contributed by atoms with Crippen LogP contribution in [-0.4, -0.2) is 6.29 Å². The van der Waals surface area contributed by atoms with Gasteiger partial charge in [0.15, 0.2) is 6.29 Å². The Hall–Kier alpha value is -2.48. The van der Waals surface area contributed by atoms with E-state index >= 15 is 0 Å². The summed E-state index contributed by atoms with van der Waals surface area (Å²) < 4.78 is 13.3. The van der Waals surface area contributed by atoms with Gasteiger partial charge in [0.2, 0.25) is 0 Å². The Morgan fingerprint density at radius 1 is 1.00 bits per heavy atom. The zero-order valence-corrected chi connectivity index (χ0v) is 11.1. The second-order valence-corrected chi connectivity index (χ2v) is 4.83. The van der Waals surface area contributed by atoms with Crippen molar-refractivity contribution in [3.05, 3.63) is 71.5 Å². The average molecular weight is 264 g/mol. The van der Waals surface area contributed by atoms with Gasteiger partial charge in [0.05, 0.1) is 0 Å². The normalized spacial score (nSPS) is 10.7. The molecule has 0 fully saturated rings. The molecule has 0 spiro atoms. The Labute approximate surface area is 116 Å². The summed E-state index contributed by atoms with van der Waals surface area (Å²) in [5.74, 6) is -0.395. The molecule has 0 atom stereocenters. The Bertz CT molecular complexity index is 806. The summed E-state index contributed by atoms with van der Waals surface area (Å²) in [6, 6.07) is 16.4. The smallest absolute Gasteiger partial charge is 0.150 e. The molecular weight excluding hydrogens is 251 g/mol. The number of aldehydes is 1. The lowest BCUT2D eigenvalue weighted by atomic mass is 9.91. The Balaban J connectivity index is 2.40. The number of aryl methyl sites for hydroxylation is 1. The van der Waals surface area contributed by atoms with Crippen molar-refractivity contribution in [2.24, 2.45) is 0 Å². The second kappa shape index (κ2) is 4.89. The van der Waals surface area contributed by atoms with Crippen molar-refractivity contribution in [2.45, 2.75) is 6.92 Å². The molecule has 3 aromatic carbocycles. The first kappa shape index (κ1) is 12.5. The van der Waals surface area contributed by atoms with Crippen LogP contribution in [0.5, 0.6) is 0 Å². The highest BCUT2D eigenvalue weighted by Crippen LogP contribution is 2.33. The van der Waals surface area contributed by atoms with Crippen molar-refractivity contribution in [3.8, 4) is 11.1 Å². The van der Waals surface area contributed by atoms with Gasteiger partial charge in [0.25, 0.3) is 0 Å². The number of carbonyl (C=O) groups is 1. The first-order chi connectivity index (χ1) is 9.70. The van der Waals surface area contributed by atoms with Crippen LogP contribution < -0.4 is 0 Å². The predicted molar refractivity (Wildman–Crippen MR) is 79.5 cm³/mol. The molecule has 0 aliphatic rings. The van der Waals surface area contributed by atoms with Crippen LogP contribution in [0, 0.1) is 12.7 Å². The fourth-order valence-electron chi connectivity index (χ4n) is 2.60. The highest BCUT2D eigenvalue weighted by molar-refractivity contribution is 6.02. The molecule has 0 aromatic heterocycles. The molecule has 0 aliphatic heterocycles. The number of hydrogen-bond acceptors (Lipinski definition) is 1. The van der Waals surface area contributed by atoms with Gasteiger partial charge in [-0.2, -0.15) is 0 Å². The van der Waals surface area contributed by atoms with Crippen molar-refractivity contribution >= 4 is 17.1 Å². The number of carbonyl (C=O) groups excluding carboxylic acids is 1. The summed E-state index contributed by atoms with van der Waals surface area (Å²) in [6.45, 7) is 2.00. The van der Waals surface area contributed by atoms with Crippen LogP contribution in [0.2, 0.25) is 0 Å². The van der Waals surface area contributed by atoms with Gasteiger partial charge in [-0.25, -0.2) is 4.39 Å². The Morgan fingerprint density at radius 2 is 1.80 bits per heavy atom. The fraction of sp³-hybridized carbons (Fsp3) is 0.0556. The lowest BCUT2D eigenvalue weighted by Gasteiger charge is -2.12. The first-order valence-corrected chi connectivity index (χ1v) is 6.44. The van der Waals surface area contributed by atoms with Crippen LogP contribution in [0.4, 0.5) is 4.39 Å². The molecule has 1 nitrogen and oxygen atoms in total. The van der Waals surface area contributed by atoms with E-state index in [0.29, 0.717) is 11.8 Å². The lowest BCUT2D eigenvalue weighted by molar-refractivity contribution is 0.112. The molecule has 0 bridgehead atoms. The maximum atomic E-state index is 13.3. The van der Waals surface area contributed by atoms with Crippen molar-refractivity contribution in [1.82, 2.24) is 0 Å². The van der Waals surface area contributed by atoms with E-state index < -0.39 is 5.82 Å². The fourth-order valence-corrected chi connectivity index (χ4v) is 2.60. The van der Waals surface area contributed by atoms with E-state index in [1.807, 2.05) is 37.3 Å². The molecule has 0 amide bonds. The monoisotopic (exact) mass is 264 g/mol. The molecule has 0 unspecified atom stereocenters. The minimum absolute atomic E-state index is 0.379. The van der Waals surface area contributed by atoms with Crippen LogP contribution in [-0.2, 0) is 0 Å². The molecule has 0 saturated carbocycles. The molecule has 2 heteroatoms. The van der Waals surface area contributed by atoms with E-state index in [4.69, 9.17) is 0 Å². The summed E-state index contributed by atoms with van der Waals surface area (Å²) in [5, 5.41) is 2.18. The van der Waals surface area contributed by atoms with Crippen LogP contribution in [0.15, 0.2) is 54.6 Å². The van der Waals surface area contributed by atoms with E-state index in [1.54, 1.807) is 6.07 Å². The maximum Gasteiger partial charge on any atom is 0.150 e. The molecule has 20 heavy (non-hydrogen) atoms. The first-order valence-electron chi connectivity index (χ1n) is 6.44. The number of hydrogen-bond donors (Lipinski definition) is 0. The Kier molecular flexibility index (Phi) is 3.07. The summed E-state index contributed by atoms with van der Waals surface area (Å²) >= 11 is 0. The van der Waals surface area contributed by atoms with E-state index in [-0.39, 0.29) is 0 Å². The molecule has 3 rings (SSSR count). The van der Waals surface area contributed by atoms with Gasteiger partial charge in [-0.15, -0.1) is 0 Å². The van der Waals surface area contributed by atoms with Gasteiger partial charge in [0.1, 0.15) is 5.82 Å². The molecule has 0 heterocycles. The zero-order chi connectivity index (χ0) is 14.1. The van der Waals surface area contributed by atoms with Crippen molar-refractivity contribution in [1.29, 1.82) is 0 Å². The third kappa shape index (κ3) is 1.99. The predicted octanol–water partition coefficient (Wildman–Crippen LogP) is 4.77. The third-order valence-electron chi connectivity index (χ3n) is 3.55. The summed E-state index contributed by atoms with van der Waals surface area (Å²) in [7, 11) is 0. The number of rotatable bonds is 2. The van der Waals surface area contributed by atoms with Gasteiger partial charge in [-0.05, 0) is 46.5 Å². The second-order valence-electron chi connectivity index (χ2n) is 4.83. The van der Waals surface area contributed by atoms with Crippen LogP contribution >= 0.6 is 0 Å². The molecule has 0 N–H and O–H groups in total. The molecule has 98 valence electrons. The molecule has 3 aromatic rings. The molecular formula is C18H13FO. The summed E-state index contributed by atoms with van der Waals surface area (Å²) in [6.07, 6.45) is 0.708. The summed E-state index contributed by atoms with van der Waals surface area (Å²) in [4.78, 5) is 11.2. The highest BCUT2D eigenvalue weighted by Gasteiger charge is 2.11. The van der Waals surface area contributed by atoms with Gasteiger partial charge >= 0.3 is 0 Å². The van der Waals surface area contributed by atoms with Crippen molar-refractivity contribution in [3.63, 3.8) is 0 Å². The van der Waals surface area contributed by atoms with Crippen molar-refractivity contribution < 1.29 is 9.18 Å². The van der Waals surface area contributed by atoms with Crippen molar-refractivity contribution in [2.75, 3.05) is 0 Å². The van der Waals surface area contributed by atoms with Gasteiger partial charge in [-0.1, -0.05) is 42.5 Å². The van der Waals surface area contributed by atoms with Crippen LogP contribution in [0.1, 0.15) is 15.9 Å². The van der Waals surface area contributed by atoms with E-state index in [0.717, 1.165) is 27.5 Å². The largest absolute Gasteiger partial charge is 0.298 e. The Morgan fingerprint density at radius 3 is 2.60 bits per heavy atom. The zero-order valence-electron chi connectivity index (χ0n) is 11.1. The molecule has 0 saturated heterocycles. The average Bonchev–Trinajstić information content (AvgIpc) is 2.48. The quantitative estimate of drug-likeness (QED) is 0.609. The van der Waals surface area contributed by atoms with Gasteiger partial charge < -0.3 is 0 Å². The number of fused-ring (bicyclic) bond motifs is 1. The highest BCUT2D eigenvalue weighted by atomic mass is 19.1. The minimum Gasteiger partial charge on any atom is -0.298 e. The SMILES string of the molecule is Cc1ccc2ccccc2c1-c1ccc(F)cc1C=O. The number of halogens is 1. The van der Waals surface area contributed by atoms with Gasteiger partial charge in [0, 0.05) is 5.56 Å². The maximum absolute atomic E-state index is 13.3. The number of benzene rings is 3. The summed E-state index contributed by atoms with van der Waals surface area (Å²) in [5.41, 5.74) is 3.21. The van der Waals surface area contributed by atoms with Gasteiger partial charge in [-0.3, -0.25) is 4.79 Å². The molecule has 0 aliphatic carbocycles. The topological polar surface area (TPSA) is 17.1 Å². The molecule has 0 radical (unpaired) electrons. The van der Waals surface area contributed by atoms with Crippen LogP contribution in [0.25, 0.3) is 21.9 Å². The van der Waals surface area contributed by atoms with E-state index in [1.165, 1.54) is 12.1 Å².